The van der Waals surface area contributed by atoms with Gasteiger partial charge in [-0.2, -0.15) is 4.31 Å². The van der Waals surface area contributed by atoms with E-state index in [-0.39, 0.29) is 11.9 Å². The minimum absolute atomic E-state index is 0.0712. The summed E-state index contributed by atoms with van der Waals surface area (Å²) in [6.07, 6.45) is 5.48. The summed E-state index contributed by atoms with van der Waals surface area (Å²) in [6.45, 7) is 5.87. The highest BCUT2D eigenvalue weighted by atomic mass is 32.2. The molecule has 0 N–H and O–H groups in total. The van der Waals surface area contributed by atoms with Crippen LogP contribution in [-0.4, -0.2) is 72.3 Å². The Morgan fingerprint density at radius 3 is 2.42 bits per heavy atom. The number of carbonyl (C=O) groups excluding carboxylic acids is 1. The van der Waals surface area contributed by atoms with Crippen molar-refractivity contribution in [2.45, 2.75) is 30.7 Å². The molecule has 0 spiro atoms. The minimum Gasteiger partial charge on any atom is -0.353 e. The van der Waals surface area contributed by atoms with Crippen LogP contribution >= 0.6 is 0 Å². The summed E-state index contributed by atoms with van der Waals surface area (Å²) < 4.78 is 29.3. The van der Waals surface area contributed by atoms with Gasteiger partial charge in [0.15, 0.2) is 0 Å². The van der Waals surface area contributed by atoms with Crippen molar-refractivity contribution < 1.29 is 13.2 Å². The Bertz CT molecular complexity index is 1240. The average Bonchev–Trinajstić information content (AvgIpc) is 3.54. The number of carbonyl (C=O) groups is 1. The highest BCUT2D eigenvalue weighted by Gasteiger charge is 2.29. The lowest BCUT2D eigenvalue weighted by atomic mass is 10.2. The van der Waals surface area contributed by atoms with E-state index in [9.17, 15) is 13.2 Å². The first-order valence-corrected chi connectivity index (χ1v) is 12.9. The van der Waals surface area contributed by atoms with Crippen molar-refractivity contribution in [2.75, 3.05) is 44.2 Å². The molecule has 174 valence electrons. The number of fused-ring (bicyclic) bond motifs is 1. The van der Waals surface area contributed by atoms with Crippen LogP contribution in [0.3, 0.4) is 0 Å². The SMILES string of the molecule is CC(C(=O)N1CCN(c2ccccn2)CC1)n1ccc2cc(S(=O)(=O)N3CCCC3)ccc21. The summed E-state index contributed by atoms with van der Waals surface area (Å²) in [6, 6.07) is 12.6. The molecule has 2 aliphatic rings. The number of benzene rings is 1. The molecule has 0 aliphatic carbocycles. The molecule has 4 heterocycles. The molecular weight excluding hydrogens is 438 g/mol. The summed E-state index contributed by atoms with van der Waals surface area (Å²) >= 11 is 0. The lowest BCUT2D eigenvalue weighted by Crippen LogP contribution is -2.50. The van der Waals surface area contributed by atoms with Crippen LogP contribution in [0.1, 0.15) is 25.8 Å². The van der Waals surface area contributed by atoms with Crippen molar-refractivity contribution in [3.63, 3.8) is 0 Å². The summed E-state index contributed by atoms with van der Waals surface area (Å²) in [5, 5.41) is 0.829. The molecule has 2 aliphatic heterocycles. The van der Waals surface area contributed by atoms with Crippen molar-refractivity contribution in [1.29, 1.82) is 0 Å². The molecule has 9 heteroatoms. The topological polar surface area (TPSA) is 78.8 Å². The van der Waals surface area contributed by atoms with Crippen LogP contribution in [0.5, 0.6) is 0 Å². The van der Waals surface area contributed by atoms with Gasteiger partial charge in [0.25, 0.3) is 0 Å². The number of nitrogens with zero attached hydrogens (tertiary/aromatic N) is 5. The molecule has 0 radical (unpaired) electrons. The third-order valence-corrected chi connectivity index (χ3v) is 8.63. The zero-order chi connectivity index (χ0) is 23.0. The normalized spacial score (nSPS) is 18.7. The second-order valence-electron chi connectivity index (χ2n) is 8.73. The smallest absolute Gasteiger partial charge is 0.245 e. The molecule has 2 aromatic heterocycles. The number of anilines is 1. The first kappa shape index (κ1) is 21.9. The molecule has 1 atom stereocenters. The highest BCUT2D eigenvalue weighted by Crippen LogP contribution is 2.27. The van der Waals surface area contributed by atoms with E-state index in [0.29, 0.717) is 31.1 Å². The molecule has 2 fully saturated rings. The number of hydrogen-bond acceptors (Lipinski definition) is 5. The molecule has 1 unspecified atom stereocenters. The third-order valence-electron chi connectivity index (χ3n) is 6.73. The number of hydrogen-bond donors (Lipinski definition) is 0. The standard InChI is InChI=1S/C24H29N5O3S/c1-19(24(30)27-16-14-26(15-17-27)23-6-2-3-10-25-23)29-13-9-20-18-21(7-8-22(20)29)33(31,32)28-11-4-5-12-28/h2-3,6-10,13,18-19H,4-5,11-12,14-17H2,1H3. The van der Waals surface area contributed by atoms with Gasteiger partial charge in [-0.1, -0.05) is 6.07 Å². The Labute approximate surface area is 194 Å². The number of pyridine rings is 1. The van der Waals surface area contributed by atoms with Crippen molar-refractivity contribution in [3.8, 4) is 0 Å². The van der Waals surface area contributed by atoms with Gasteiger partial charge in [-0.25, -0.2) is 13.4 Å². The van der Waals surface area contributed by atoms with Crippen LogP contribution in [0.4, 0.5) is 5.82 Å². The second kappa shape index (κ2) is 8.79. The monoisotopic (exact) mass is 467 g/mol. The van der Waals surface area contributed by atoms with E-state index in [1.165, 1.54) is 0 Å². The van der Waals surface area contributed by atoms with E-state index in [4.69, 9.17) is 0 Å². The van der Waals surface area contributed by atoms with E-state index in [1.807, 2.05) is 52.9 Å². The van der Waals surface area contributed by atoms with E-state index in [1.54, 1.807) is 22.6 Å². The second-order valence-corrected chi connectivity index (χ2v) is 10.7. The van der Waals surface area contributed by atoms with Gasteiger partial charge in [-0.15, -0.1) is 0 Å². The fourth-order valence-corrected chi connectivity index (χ4v) is 6.35. The van der Waals surface area contributed by atoms with Gasteiger partial charge in [0, 0.05) is 62.6 Å². The van der Waals surface area contributed by atoms with Gasteiger partial charge in [0.1, 0.15) is 11.9 Å². The Hall–Kier alpha value is -2.91. The molecular formula is C24H29N5O3S. The van der Waals surface area contributed by atoms with Crippen molar-refractivity contribution in [3.05, 3.63) is 54.9 Å². The molecule has 1 amide bonds. The summed E-state index contributed by atoms with van der Waals surface area (Å²) in [5.74, 6) is 1.01. The predicted octanol–water partition coefficient (Wildman–Crippen LogP) is 2.73. The van der Waals surface area contributed by atoms with Gasteiger partial charge < -0.3 is 14.4 Å². The zero-order valence-electron chi connectivity index (χ0n) is 18.8. The fraction of sp³-hybridized carbons (Fsp3) is 0.417. The highest BCUT2D eigenvalue weighted by molar-refractivity contribution is 7.89. The molecule has 0 bridgehead atoms. The van der Waals surface area contributed by atoms with E-state index in [0.717, 1.165) is 42.7 Å². The quantitative estimate of drug-likeness (QED) is 0.577. The molecule has 1 aromatic carbocycles. The van der Waals surface area contributed by atoms with Crippen molar-refractivity contribution >= 4 is 32.7 Å². The van der Waals surface area contributed by atoms with E-state index in [2.05, 4.69) is 9.88 Å². The Morgan fingerprint density at radius 2 is 1.73 bits per heavy atom. The first-order valence-electron chi connectivity index (χ1n) is 11.5. The summed E-state index contributed by atoms with van der Waals surface area (Å²) in [4.78, 5) is 22.1. The number of amides is 1. The number of rotatable bonds is 5. The Balaban J connectivity index is 1.30. The van der Waals surface area contributed by atoms with E-state index < -0.39 is 10.0 Å². The largest absolute Gasteiger partial charge is 0.353 e. The van der Waals surface area contributed by atoms with Crippen LogP contribution in [0, 0.1) is 0 Å². The van der Waals surface area contributed by atoms with Crippen LogP contribution < -0.4 is 4.90 Å². The fourth-order valence-electron chi connectivity index (χ4n) is 4.80. The van der Waals surface area contributed by atoms with Crippen LogP contribution in [0.15, 0.2) is 59.8 Å². The van der Waals surface area contributed by atoms with Gasteiger partial charge in [-0.05, 0) is 56.2 Å². The Kier molecular flexibility index (Phi) is 5.84. The van der Waals surface area contributed by atoms with Crippen molar-refractivity contribution in [1.82, 2.24) is 18.8 Å². The number of sulfonamides is 1. The van der Waals surface area contributed by atoms with E-state index >= 15 is 0 Å². The molecule has 8 nitrogen and oxygen atoms in total. The summed E-state index contributed by atoms with van der Waals surface area (Å²) in [7, 11) is -3.46. The van der Waals surface area contributed by atoms with Crippen LogP contribution in [0.2, 0.25) is 0 Å². The van der Waals surface area contributed by atoms with Gasteiger partial charge >= 0.3 is 0 Å². The lowest BCUT2D eigenvalue weighted by molar-refractivity contribution is -0.134. The average molecular weight is 468 g/mol. The molecule has 3 aromatic rings. The first-order chi connectivity index (χ1) is 15.9. The maximum absolute atomic E-state index is 13.3. The number of aromatic nitrogens is 2. The maximum Gasteiger partial charge on any atom is 0.245 e. The van der Waals surface area contributed by atoms with Gasteiger partial charge in [0.05, 0.1) is 4.90 Å². The summed E-state index contributed by atoms with van der Waals surface area (Å²) in [5.41, 5.74) is 0.864. The lowest BCUT2D eigenvalue weighted by Gasteiger charge is -2.36. The van der Waals surface area contributed by atoms with Gasteiger partial charge in [0.2, 0.25) is 15.9 Å². The van der Waals surface area contributed by atoms with Crippen LogP contribution in [-0.2, 0) is 14.8 Å². The molecule has 5 rings (SSSR count). The third kappa shape index (κ3) is 4.11. The maximum atomic E-state index is 13.3. The Morgan fingerprint density at radius 1 is 0.970 bits per heavy atom. The minimum atomic E-state index is -3.46. The zero-order valence-corrected chi connectivity index (χ0v) is 19.6. The number of piperazine rings is 1. The van der Waals surface area contributed by atoms with Crippen molar-refractivity contribution in [2.24, 2.45) is 0 Å². The predicted molar refractivity (Wildman–Crippen MR) is 128 cm³/mol. The molecule has 0 saturated carbocycles. The van der Waals surface area contributed by atoms with Crippen LogP contribution in [0.25, 0.3) is 10.9 Å². The van der Waals surface area contributed by atoms with Gasteiger partial charge in [-0.3, -0.25) is 4.79 Å². The molecule has 33 heavy (non-hydrogen) atoms. The molecule has 2 saturated heterocycles.